The molecular formula is C11H18ClNO2. The molecule has 1 aliphatic carbocycles. The maximum absolute atomic E-state index is 11.8. The summed E-state index contributed by atoms with van der Waals surface area (Å²) in [6.45, 7) is 3.62. The van der Waals surface area contributed by atoms with Crippen molar-refractivity contribution < 1.29 is 9.59 Å². The van der Waals surface area contributed by atoms with Gasteiger partial charge in [0.25, 0.3) is 0 Å². The molecule has 3 nitrogen and oxygen atoms in total. The summed E-state index contributed by atoms with van der Waals surface area (Å²) in [6.07, 6.45) is 3.39. The number of rotatable bonds is 3. The first-order valence-corrected chi connectivity index (χ1v) is 5.91. The number of carbonyl (C=O) groups excluding carboxylic acids is 2. The van der Waals surface area contributed by atoms with Gasteiger partial charge in [0.1, 0.15) is 0 Å². The highest BCUT2D eigenvalue weighted by Crippen LogP contribution is 2.32. The standard InChI is InChI=1S/C11H18ClNO2/c1-8-3-5-11(6-4-8,10(15)7-12)13-9(2)14/h8H,3-7H2,1-2H3,(H,13,14). The summed E-state index contributed by atoms with van der Waals surface area (Å²) in [5.74, 6) is 0.415. The Morgan fingerprint density at radius 2 is 1.93 bits per heavy atom. The first-order chi connectivity index (χ1) is 7.00. The van der Waals surface area contributed by atoms with Crippen molar-refractivity contribution in [2.24, 2.45) is 5.92 Å². The minimum absolute atomic E-state index is 0.0192. The Bertz CT molecular complexity index is 257. The molecule has 1 amide bonds. The molecule has 0 aromatic rings. The highest BCUT2D eigenvalue weighted by Gasteiger charge is 2.40. The first-order valence-electron chi connectivity index (χ1n) is 5.38. The van der Waals surface area contributed by atoms with Crippen molar-refractivity contribution >= 4 is 23.3 Å². The third-order valence-corrected chi connectivity index (χ3v) is 3.44. The Balaban J connectivity index is 2.77. The molecule has 0 aliphatic heterocycles. The van der Waals surface area contributed by atoms with Crippen molar-refractivity contribution in [2.75, 3.05) is 5.88 Å². The molecule has 4 heteroatoms. The minimum Gasteiger partial charge on any atom is -0.344 e. The maximum Gasteiger partial charge on any atom is 0.217 e. The lowest BCUT2D eigenvalue weighted by Gasteiger charge is -2.38. The summed E-state index contributed by atoms with van der Waals surface area (Å²) in [4.78, 5) is 22.9. The van der Waals surface area contributed by atoms with E-state index in [1.165, 1.54) is 6.92 Å². The lowest BCUT2D eigenvalue weighted by molar-refractivity contribution is -0.131. The van der Waals surface area contributed by atoms with E-state index in [0.29, 0.717) is 5.92 Å². The van der Waals surface area contributed by atoms with Crippen molar-refractivity contribution in [1.82, 2.24) is 5.32 Å². The third kappa shape index (κ3) is 2.94. The van der Waals surface area contributed by atoms with Gasteiger partial charge in [-0.1, -0.05) is 6.92 Å². The molecule has 0 unspecified atom stereocenters. The molecule has 15 heavy (non-hydrogen) atoms. The summed E-state index contributed by atoms with van der Waals surface area (Å²) in [6, 6.07) is 0. The summed E-state index contributed by atoms with van der Waals surface area (Å²) in [5.41, 5.74) is -0.680. The Hall–Kier alpha value is -0.570. The second-order valence-electron chi connectivity index (χ2n) is 4.50. The SMILES string of the molecule is CC(=O)NC1(C(=O)CCl)CCC(C)CC1. The normalized spacial score (nSPS) is 31.0. The van der Waals surface area contributed by atoms with Gasteiger partial charge >= 0.3 is 0 Å². The molecule has 1 aliphatic rings. The van der Waals surface area contributed by atoms with E-state index < -0.39 is 5.54 Å². The van der Waals surface area contributed by atoms with Gasteiger partial charge in [-0.15, -0.1) is 11.6 Å². The zero-order valence-corrected chi connectivity index (χ0v) is 10.1. The Morgan fingerprint density at radius 1 is 1.40 bits per heavy atom. The minimum atomic E-state index is -0.680. The maximum atomic E-state index is 11.8. The van der Waals surface area contributed by atoms with Crippen LogP contribution in [0.25, 0.3) is 0 Å². The molecule has 0 bridgehead atoms. The number of amides is 1. The molecule has 86 valence electrons. The number of hydrogen-bond acceptors (Lipinski definition) is 2. The first kappa shape index (κ1) is 12.5. The molecule has 0 radical (unpaired) electrons. The number of nitrogens with one attached hydrogen (secondary N) is 1. The van der Waals surface area contributed by atoms with Gasteiger partial charge in [0.05, 0.1) is 11.4 Å². The predicted octanol–water partition coefficient (Wildman–Crippen LogP) is 1.88. The van der Waals surface area contributed by atoms with Crippen LogP contribution in [-0.4, -0.2) is 23.1 Å². The monoisotopic (exact) mass is 231 g/mol. The number of alkyl halides is 1. The van der Waals surface area contributed by atoms with Crippen LogP contribution >= 0.6 is 11.6 Å². The molecule has 0 spiro atoms. The second kappa shape index (κ2) is 4.97. The van der Waals surface area contributed by atoms with Gasteiger partial charge in [0.2, 0.25) is 5.91 Å². The Morgan fingerprint density at radius 3 is 2.33 bits per heavy atom. The fourth-order valence-electron chi connectivity index (χ4n) is 2.19. The van der Waals surface area contributed by atoms with E-state index in [1.807, 2.05) is 0 Å². The fraction of sp³-hybridized carbons (Fsp3) is 0.818. The van der Waals surface area contributed by atoms with Gasteiger partial charge < -0.3 is 5.32 Å². The molecule has 1 saturated carbocycles. The Kier molecular flexibility index (Phi) is 4.14. The Labute approximate surface area is 95.6 Å². The van der Waals surface area contributed by atoms with E-state index in [0.717, 1.165) is 25.7 Å². The van der Waals surface area contributed by atoms with E-state index in [1.54, 1.807) is 0 Å². The van der Waals surface area contributed by atoms with Crippen molar-refractivity contribution in [2.45, 2.75) is 45.1 Å². The molecule has 0 aromatic heterocycles. The van der Waals surface area contributed by atoms with Gasteiger partial charge in [-0.3, -0.25) is 9.59 Å². The molecule has 0 aromatic carbocycles. The summed E-state index contributed by atoms with van der Waals surface area (Å²) < 4.78 is 0. The van der Waals surface area contributed by atoms with Gasteiger partial charge in [-0.25, -0.2) is 0 Å². The summed E-state index contributed by atoms with van der Waals surface area (Å²) in [7, 11) is 0. The van der Waals surface area contributed by atoms with Crippen molar-refractivity contribution in [1.29, 1.82) is 0 Å². The van der Waals surface area contributed by atoms with Crippen LogP contribution in [0.4, 0.5) is 0 Å². The van der Waals surface area contributed by atoms with Crippen LogP contribution in [0.5, 0.6) is 0 Å². The number of ketones is 1. The topological polar surface area (TPSA) is 46.2 Å². The smallest absolute Gasteiger partial charge is 0.217 e. The highest BCUT2D eigenvalue weighted by molar-refractivity contribution is 6.29. The van der Waals surface area contributed by atoms with Crippen molar-refractivity contribution in [3.63, 3.8) is 0 Å². The van der Waals surface area contributed by atoms with Gasteiger partial charge in [0.15, 0.2) is 5.78 Å². The van der Waals surface area contributed by atoms with Crippen molar-refractivity contribution in [3.05, 3.63) is 0 Å². The average molecular weight is 232 g/mol. The molecule has 1 rings (SSSR count). The van der Waals surface area contributed by atoms with Crippen LogP contribution in [-0.2, 0) is 9.59 Å². The van der Waals surface area contributed by atoms with Gasteiger partial charge in [-0.05, 0) is 31.6 Å². The van der Waals surface area contributed by atoms with E-state index in [4.69, 9.17) is 11.6 Å². The lowest BCUT2D eigenvalue weighted by atomic mass is 9.75. The molecule has 1 N–H and O–H groups in total. The lowest BCUT2D eigenvalue weighted by Crippen LogP contribution is -2.56. The number of carbonyl (C=O) groups is 2. The van der Waals surface area contributed by atoms with Gasteiger partial charge in [0, 0.05) is 6.92 Å². The van der Waals surface area contributed by atoms with Crippen LogP contribution in [0.2, 0.25) is 0 Å². The molecule has 0 saturated heterocycles. The van der Waals surface area contributed by atoms with Crippen molar-refractivity contribution in [3.8, 4) is 0 Å². The summed E-state index contributed by atoms with van der Waals surface area (Å²) >= 11 is 5.59. The van der Waals surface area contributed by atoms with E-state index in [2.05, 4.69) is 12.2 Å². The third-order valence-electron chi connectivity index (χ3n) is 3.20. The molecular weight excluding hydrogens is 214 g/mol. The van der Waals surface area contributed by atoms with E-state index >= 15 is 0 Å². The van der Waals surface area contributed by atoms with Crippen LogP contribution < -0.4 is 5.32 Å². The van der Waals surface area contributed by atoms with Gasteiger partial charge in [-0.2, -0.15) is 0 Å². The highest BCUT2D eigenvalue weighted by atomic mass is 35.5. The number of halogens is 1. The fourth-order valence-corrected chi connectivity index (χ4v) is 2.45. The number of hydrogen-bond donors (Lipinski definition) is 1. The molecule has 0 heterocycles. The quantitative estimate of drug-likeness (QED) is 0.754. The largest absolute Gasteiger partial charge is 0.344 e. The molecule has 1 fully saturated rings. The van der Waals surface area contributed by atoms with Crippen LogP contribution in [0, 0.1) is 5.92 Å². The van der Waals surface area contributed by atoms with Crippen LogP contribution in [0.1, 0.15) is 39.5 Å². The zero-order chi connectivity index (χ0) is 11.5. The molecule has 0 atom stereocenters. The average Bonchev–Trinajstić information content (AvgIpc) is 2.20. The van der Waals surface area contributed by atoms with E-state index in [9.17, 15) is 9.59 Å². The summed E-state index contributed by atoms with van der Waals surface area (Å²) in [5, 5.41) is 2.79. The predicted molar refractivity (Wildman–Crippen MR) is 59.9 cm³/mol. The second-order valence-corrected chi connectivity index (χ2v) is 4.77. The zero-order valence-electron chi connectivity index (χ0n) is 9.31. The van der Waals surface area contributed by atoms with Crippen LogP contribution in [0.15, 0.2) is 0 Å². The van der Waals surface area contributed by atoms with E-state index in [-0.39, 0.29) is 17.6 Å². The van der Waals surface area contributed by atoms with Crippen LogP contribution in [0.3, 0.4) is 0 Å². The number of Topliss-reactive ketones (excluding diaryl/α,β-unsaturated/α-hetero) is 1.